The van der Waals surface area contributed by atoms with E-state index in [-0.39, 0.29) is 6.61 Å². The number of nitrogens with zero attached hydrogens (tertiary/aromatic N) is 1. The van der Waals surface area contributed by atoms with Crippen LogP contribution in [0, 0.1) is 0 Å². The molecule has 0 spiro atoms. The fourth-order valence-corrected chi connectivity index (χ4v) is 4.93. The summed E-state index contributed by atoms with van der Waals surface area (Å²) in [5, 5.41) is 3.12. The average Bonchev–Trinajstić information content (AvgIpc) is 3.18. The molecule has 1 fully saturated rings. The van der Waals surface area contributed by atoms with Gasteiger partial charge in [0.25, 0.3) is 0 Å². The van der Waals surface area contributed by atoms with Crippen LogP contribution in [0.25, 0.3) is 0 Å². The van der Waals surface area contributed by atoms with Crippen molar-refractivity contribution in [3.05, 3.63) is 71.3 Å². The first-order valence-corrected chi connectivity index (χ1v) is 10.8. The molecule has 160 valence electrons. The van der Waals surface area contributed by atoms with E-state index in [1.807, 2.05) is 30.3 Å². The Balaban J connectivity index is 1.82. The Hall–Kier alpha value is -2.26. The van der Waals surface area contributed by atoms with Gasteiger partial charge in [0.15, 0.2) is 5.11 Å². The lowest BCUT2D eigenvalue weighted by Crippen LogP contribution is -2.48. The van der Waals surface area contributed by atoms with Gasteiger partial charge in [0.05, 0.1) is 12.2 Å². The van der Waals surface area contributed by atoms with Crippen LogP contribution in [0.15, 0.2) is 54.6 Å². The lowest BCUT2D eigenvalue weighted by atomic mass is 10.1. The molecule has 0 bridgehead atoms. The van der Waals surface area contributed by atoms with E-state index in [2.05, 4.69) is 5.32 Å². The van der Waals surface area contributed by atoms with Crippen LogP contribution in [0.5, 0.6) is 0 Å². The number of hydrogen-bond acceptors (Lipinski definition) is 4. The highest BCUT2D eigenvalue weighted by Crippen LogP contribution is 2.42. The number of nitrogens with one attached hydrogen (secondary N) is 1. The highest BCUT2D eigenvalue weighted by Gasteiger charge is 2.42. The molecule has 0 unspecified atom stereocenters. The Bertz CT molecular complexity index is 876. The standard InChI is InChI=1S/C21H21F3N2O2S2/c1-2-28-19(27)17-13-30-18(15-8-10-16(11-9-15)21(22,23)24)26(17)20(29)25-12-14-6-4-3-5-7-14/h3-11,17-18H,2,12-13H2,1H3,(H,25,29)/t17-,18-/m1/s1. The molecule has 1 heterocycles. The molecular weight excluding hydrogens is 433 g/mol. The normalized spacial score (nSPS) is 18.9. The summed E-state index contributed by atoms with van der Waals surface area (Å²) in [6.07, 6.45) is -4.40. The Morgan fingerprint density at radius 3 is 2.47 bits per heavy atom. The van der Waals surface area contributed by atoms with E-state index >= 15 is 0 Å². The van der Waals surface area contributed by atoms with Crippen LogP contribution in [-0.4, -0.2) is 34.4 Å². The minimum Gasteiger partial charge on any atom is -0.464 e. The third-order valence-electron chi connectivity index (χ3n) is 4.60. The van der Waals surface area contributed by atoms with E-state index in [4.69, 9.17) is 17.0 Å². The highest BCUT2D eigenvalue weighted by molar-refractivity contribution is 7.99. The maximum atomic E-state index is 12.9. The molecule has 2 aromatic carbocycles. The predicted octanol–water partition coefficient (Wildman–Crippen LogP) is 4.76. The average molecular weight is 455 g/mol. The largest absolute Gasteiger partial charge is 0.464 e. The topological polar surface area (TPSA) is 41.6 Å². The zero-order valence-electron chi connectivity index (χ0n) is 16.2. The number of hydrogen-bond donors (Lipinski definition) is 1. The molecule has 0 amide bonds. The molecule has 0 radical (unpaired) electrons. The van der Waals surface area contributed by atoms with Gasteiger partial charge < -0.3 is 15.0 Å². The third kappa shape index (κ3) is 5.26. The van der Waals surface area contributed by atoms with Gasteiger partial charge in [-0.1, -0.05) is 42.5 Å². The van der Waals surface area contributed by atoms with E-state index in [9.17, 15) is 18.0 Å². The molecule has 1 N–H and O–H groups in total. The van der Waals surface area contributed by atoms with Gasteiger partial charge in [-0.2, -0.15) is 13.2 Å². The Morgan fingerprint density at radius 1 is 1.20 bits per heavy atom. The van der Waals surface area contributed by atoms with E-state index in [1.165, 1.54) is 23.9 Å². The van der Waals surface area contributed by atoms with E-state index in [1.54, 1.807) is 11.8 Å². The first-order valence-electron chi connectivity index (χ1n) is 9.36. The van der Waals surface area contributed by atoms with Crippen molar-refractivity contribution in [2.45, 2.75) is 31.1 Å². The molecule has 1 aliphatic heterocycles. The summed E-state index contributed by atoms with van der Waals surface area (Å²) in [6, 6.07) is 14.0. The summed E-state index contributed by atoms with van der Waals surface area (Å²) in [7, 11) is 0. The number of carbonyl (C=O) groups excluding carboxylic acids is 1. The Labute approximate surface area is 182 Å². The number of rotatable bonds is 5. The van der Waals surface area contributed by atoms with Crippen LogP contribution in [0.2, 0.25) is 0 Å². The number of ether oxygens (including phenoxy) is 1. The van der Waals surface area contributed by atoms with Crippen LogP contribution in [-0.2, 0) is 22.3 Å². The molecule has 1 saturated heterocycles. The van der Waals surface area contributed by atoms with E-state index < -0.39 is 29.1 Å². The molecule has 4 nitrogen and oxygen atoms in total. The van der Waals surface area contributed by atoms with Crippen molar-refractivity contribution in [1.29, 1.82) is 0 Å². The SMILES string of the molecule is CCOC(=O)[C@H]1CS[C@H](c2ccc(C(F)(F)F)cc2)N1C(=S)NCc1ccccc1. The van der Waals surface area contributed by atoms with Gasteiger partial charge in [0.1, 0.15) is 11.4 Å². The molecule has 9 heteroatoms. The summed E-state index contributed by atoms with van der Waals surface area (Å²) in [5.41, 5.74) is 0.946. The third-order valence-corrected chi connectivity index (χ3v) is 6.28. The smallest absolute Gasteiger partial charge is 0.416 e. The van der Waals surface area contributed by atoms with Crippen LogP contribution in [0.1, 0.15) is 29.0 Å². The van der Waals surface area contributed by atoms with Gasteiger partial charge in [-0.15, -0.1) is 11.8 Å². The van der Waals surface area contributed by atoms with Crippen molar-refractivity contribution >= 4 is 35.1 Å². The maximum absolute atomic E-state index is 12.9. The van der Waals surface area contributed by atoms with Crippen molar-refractivity contribution in [3.8, 4) is 0 Å². The number of thioether (sulfide) groups is 1. The maximum Gasteiger partial charge on any atom is 0.416 e. The first kappa shape index (κ1) is 22.4. The van der Waals surface area contributed by atoms with Crippen molar-refractivity contribution in [2.75, 3.05) is 12.4 Å². The second-order valence-corrected chi connectivity index (χ2v) is 8.12. The first-order chi connectivity index (χ1) is 14.3. The molecule has 2 atom stereocenters. The van der Waals surface area contributed by atoms with Crippen LogP contribution < -0.4 is 5.32 Å². The van der Waals surface area contributed by atoms with Crippen molar-refractivity contribution < 1.29 is 22.7 Å². The predicted molar refractivity (Wildman–Crippen MR) is 115 cm³/mol. The summed E-state index contributed by atoms with van der Waals surface area (Å²) < 4.78 is 43.9. The molecule has 0 saturated carbocycles. The van der Waals surface area contributed by atoms with E-state index in [0.29, 0.717) is 23.0 Å². The summed E-state index contributed by atoms with van der Waals surface area (Å²) in [6.45, 7) is 2.43. The summed E-state index contributed by atoms with van der Waals surface area (Å²) in [4.78, 5) is 14.2. The monoisotopic (exact) mass is 454 g/mol. The second-order valence-electron chi connectivity index (χ2n) is 6.62. The highest BCUT2D eigenvalue weighted by atomic mass is 32.2. The zero-order chi connectivity index (χ0) is 21.7. The number of esters is 1. The second kappa shape index (κ2) is 9.70. The van der Waals surface area contributed by atoms with Gasteiger partial charge in [-0.3, -0.25) is 0 Å². The van der Waals surface area contributed by atoms with Crippen molar-refractivity contribution in [3.63, 3.8) is 0 Å². The fourth-order valence-electron chi connectivity index (χ4n) is 3.13. The molecule has 1 aliphatic rings. The van der Waals surface area contributed by atoms with Crippen LogP contribution >= 0.6 is 24.0 Å². The minimum absolute atomic E-state index is 0.239. The number of carbonyl (C=O) groups is 1. The van der Waals surface area contributed by atoms with Gasteiger partial charge in [0, 0.05) is 12.3 Å². The Morgan fingerprint density at radius 2 is 1.87 bits per heavy atom. The van der Waals surface area contributed by atoms with Crippen molar-refractivity contribution in [1.82, 2.24) is 10.2 Å². The molecular formula is C21H21F3N2O2S2. The molecule has 0 aromatic heterocycles. The molecule has 0 aliphatic carbocycles. The quantitative estimate of drug-likeness (QED) is 0.519. The van der Waals surface area contributed by atoms with Crippen molar-refractivity contribution in [2.24, 2.45) is 0 Å². The molecule has 30 heavy (non-hydrogen) atoms. The van der Waals surface area contributed by atoms with Gasteiger partial charge in [-0.05, 0) is 42.4 Å². The minimum atomic E-state index is -4.40. The van der Waals surface area contributed by atoms with Gasteiger partial charge in [-0.25, -0.2) is 4.79 Å². The van der Waals surface area contributed by atoms with E-state index in [0.717, 1.165) is 17.7 Å². The molecule has 3 rings (SSSR count). The zero-order valence-corrected chi connectivity index (χ0v) is 17.8. The number of alkyl halides is 3. The van der Waals surface area contributed by atoms with Gasteiger partial charge >= 0.3 is 12.1 Å². The fraction of sp³-hybridized carbons (Fsp3) is 0.333. The van der Waals surface area contributed by atoms with Gasteiger partial charge in [0.2, 0.25) is 0 Å². The summed E-state index contributed by atoms with van der Waals surface area (Å²) >= 11 is 7.01. The Kier molecular flexibility index (Phi) is 7.25. The number of halogens is 3. The van der Waals surface area contributed by atoms with Crippen LogP contribution in [0.4, 0.5) is 13.2 Å². The number of benzene rings is 2. The lowest BCUT2D eigenvalue weighted by molar-refractivity contribution is -0.147. The lowest BCUT2D eigenvalue weighted by Gasteiger charge is -2.31. The van der Waals surface area contributed by atoms with Crippen LogP contribution in [0.3, 0.4) is 0 Å². The molecule has 2 aromatic rings. The summed E-state index contributed by atoms with van der Waals surface area (Å²) in [5.74, 6) is 0.0285. The number of thiocarbonyl (C=S) groups is 1.